The van der Waals surface area contributed by atoms with E-state index < -0.39 is 5.82 Å². The zero-order valence-electron chi connectivity index (χ0n) is 8.24. The molecule has 0 saturated heterocycles. The van der Waals surface area contributed by atoms with Gasteiger partial charge in [0.05, 0.1) is 5.69 Å². The van der Waals surface area contributed by atoms with Crippen molar-refractivity contribution in [2.75, 3.05) is 5.73 Å². The van der Waals surface area contributed by atoms with E-state index in [-0.39, 0.29) is 5.69 Å². The van der Waals surface area contributed by atoms with E-state index in [1.165, 1.54) is 12.1 Å². The molecule has 0 aliphatic heterocycles. The van der Waals surface area contributed by atoms with E-state index in [1.54, 1.807) is 18.3 Å². The van der Waals surface area contributed by atoms with Crippen molar-refractivity contribution in [2.45, 2.75) is 6.92 Å². The Kier molecular flexibility index (Phi) is 2.33. The fourth-order valence-electron chi connectivity index (χ4n) is 1.27. The molecule has 0 aliphatic rings. The highest BCUT2D eigenvalue weighted by Gasteiger charge is 2.04. The topological polar surface area (TPSA) is 51.8 Å². The fourth-order valence-corrected chi connectivity index (χ4v) is 1.27. The number of rotatable bonds is 1. The largest absolute Gasteiger partial charge is 0.396 e. The molecule has 15 heavy (non-hydrogen) atoms. The van der Waals surface area contributed by atoms with Crippen LogP contribution in [-0.4, -0.2) is 9.97 Å². The molecule has 1 heterocycles. The van der Waals surface area contributed by atoms with Crippen LogP contribution in [0.2, 0.25) is 0 Å². The van der Waals surface area contributed by atoms with Gasteiger partial charge in [0.25, 0.3) is 0 Å². The molecule has 1 aromatic heterocycles. The van der Waals surface area contributed by atoms with E-state index in [9.17, 15) is 4.39 Å². The van der Waals surface area contributed by atoms with Gasteiger partial charge >= 0.3 is 0 Å². The number of aryl methyl sites for hydroxylation is 1. The van der Waals surface area contributed by atoms with Crippen molar-refractivity contribution in [2.24, 2.45) is 0 Å². The maximum atomic E-state index is 12.9. The zero-order chi connectivity index (χ0) is 10.8. The summed E-state index contributed by atoms with van der Waals surface area (Å²) in [6.07, 6.45) is 1.66. The molecule has 0 spiro atoms. The summed E-state index contributed by atoms with van der Waals surface area (Å²) in [5, 5.41) is 0. The lowest BCUT2D eigenvalue weighted by Crippen LogP contribution is -1.94. The highest BCUT2D eigenvalue weighted by Crippen LogP contribution is 2.19. The molecule has 1 aromatic carbocycles. The molecular weight excluding hydrogens is 193 g/mol. The summed E-state index contributed by atoms with van der Waals surface area (Å²) in [6, 6.07) is 6.26. The predicted octanol–water partition coefficient (Wildman–Crippen LogP) is 2.17. The quantitative estimate of drug-likeness (QED) is 0.722. The van der Waals surface area contributed by atoms with Gasteiger partial charge in [0.15, 0.2) is 5.82 Å². The van der Waals surface area contributed by atoms with Crippen LogP contribution in [0, 0.1) is 12.7 Å². The lowest BCUT2D eigenvalue weighted by Gasteiger charge is -2.02. The monoisotopic (exact) mass is 203 g/mol. The molecule has 0 aliphatic carbocycles. The number of nitrogens with zero attached hydrogens (tertiary/aromatic N) is 2. The minimum absolute atomic E-state index is 0.109. The Hall–Kier alpha value is -1.97. The second kappa shape index (κ2) is 3.65. The van der Waals surface area contributed by atoms with Gasteiger partial charge in [0.2, 0.25) is 0 Å². The summed E-state index contributed by atoms with van der Waals surface area (Å²) >= 11 is 0. The van der Waals surface area contributed by atoms with Crippen molar-refractivity contribution >= 4 is 5.69 Å². The minimum atomic E-state index is -0.425. The lowest BCUT2D eigenvalue weighted by atomic mass is 10.2. The Bertz CT molecular complexity index is 497. The van der Waals surface area contributed by atoms with Crippen LogP contribution in [0.25, 0.3) is 11.4 Å². The number of aromatic nitrogens is 2. The van der Waals surface area contributed by atoms with Crippen LogP contribution in [0.15, 0.2) is 30.5 Å². The fraction of sp³-hybridized carbons (Fsp3) is 0.0909. The van der Waals surface area contributed by atoms with Crippen LogP contribution in [0.3, 0.4) is 0 Å². The predicted molar refractivity (Wildman–Crippen MR) is 56.6 cm³/mol. The van der Waals surface area contributed by atoms with Gasteiger partial charge in [-0.15, -0.1) is 0 Å². The molecule has 2 aromatic rings. The number of benzene rings is 1. The average molecular weight is 203 g/mol. The molecule has 0 atom stereocenters. The smallest absolute Gasteiger partial charge is 0.159 e. The van der Waals surface area contributed by atoms with E-state index in [4.69, 9.17) is 5.73 Å². The number of nitrogen functional groups attached to an aromatic ring is 1. The van der Waals surface area contributed by atoms with Gasteiger partial charge in [0, 0.05) is 17.5 Å². The van der Waals surface area contributed by atoms with Crippen LogP contribution in [-0.2, 0) is 0 Å². The SMILES string of the molecule is Cc1ccnc(-c2ccc(F)c(N)c2)n1. The molecule has 76 valence electrons. The normalized spacial score (nSPS) is 10.3. The summed E-state index contributed by atoms with van der Waals surface area (Å²) in [6.45, 7) is 1.87. The van der Waals surface area contributed by atoms with Gasteiger partial charge in [-0.2, -0.15) is 0 Å². The first kappa shape index (κ1) is 9.58. The molecule has 3 nitrogen and oxygen atoms in total. The second-order valence-corrected chi connectivity index (χ2v) is 3.26. The van der Waals surface area contributed by atoms with E-state index in [0.717, 1.165) is 11.3 Å². The van der Waals surface area contributed by atoms with Crippen molar-refractivity contribution in [3.63, 3.8) is 0 Å². The van der Waals surface area contributed by atoms with Crippen molar-refractivity contribution in [1.29, 1.82) is 0 Å². The van der Waals surface area contributed by atoms with Crippen LogP contribution in [0.4, 0.5) is 10.1 Å². The van der Waals surface area contributed by atoms with Crippen LogP contribution in [0.1, 0.15) is 5.69 Å². The first-order valence-corrected chi connectivity index (χ1v) is 4.52. The summed E-state index contributed by atoms with van der Waals surface area (Å²) in [7, 11) is 0. The molecular formula is C11H10FN3. The molecule has 4 heteroatoms. The highest BCUT2D eigenvalue weighted by atomic mass is 19.1. The second-order valence-electron chi connectivity index (χ2n) is 3.26. The molecule has 0 fully saturated rings. The van der Waals surface area contributed by atoms with Gasteiger partial charge in [-0.3, -0.25) is 0 Å². The summed E-state index contributed by atoms with van der Waals surface area (Å²) < 4.78 is 12.9. The Morgan fingerprint density at radius 2 is 2.07 bits per heavy atom. The minimum Gasteiger partial charge on any atom is -0.396 e. The number of nitrogens with two attached hydrogens (primary N) is 1. The average Bonchev–Trinajstić information content (AvgIpc) is 2.22. The number of anilines is 1. The van der Waals surface area contributed by atoms with E-state index >= 15 is 0 Å². The van der Waals surface area contributed by atoms with E-state index in [0.29, 0.717) is 5.82 Å². The maximum Gasteiger partial charge on any atom is 0.159 e. The summed E-state index contributed by atoms with van der Waals surface area (Å²) in [5.74, 6) is 0.133. The zero-order valence-corrected chi connectivity index (χ0v) is 8.24. The third-order valence-electron chi connectivity index (χ3n) is 2.05. The Labute approximate surface area is 86.8 Å². The standard InChI is InChI=1S/C11H10FN3/c1-7-4-5-14-11(15-7)8-2-3-9(12)10(13)6-8/h2-6H,13H2,1H3. The molecule has 0 bridgehead atoms. The van der Waals surface area contributed by atoms with Gasteiger partial charge < -0.3 is 5.73 Å². The van der Waals surface area contributed by atoms with Gasteiger partial charge in [-0.25, -0.2) is 14.4 Å². The molecule has 2 N–H and O–H groups in total. The third-order valence-corrected chi connectivity index (χ3v) is 2.05. The Balaban J connectivity index is 2.50. The molecule has 0 saturated carbocycles. The van der Waals surface area contributed by atoms with Gasteiger partial charge in [-0.1, -0.05) is 0 Å². The van der Waals surface area contributed by atoms with Gasteiger partial charge in [0.1, 0.15) is 5.82 Å². The molecule has 0 radical (unpaired) electrons. The maximum absolute atomic E-state index is 12.9. The van der Waals surface area contributed by atoms with Crippen molar-refractivity contribution < 1.29 is 4.39 Å². The van der Waals surface area contributed by atoms with E-state index in [2.05, 4.69) is 9.97 Å². The lowest BCUT2D eigenvalue weighted by molar-refractivity contribution is 0.632. The molecule has 0 amide bonds. The highest BCUT2D eigenvalue weighted by molar-refractivity contribution is 5.61. The number of hydrogen-bond donors (Lipinski definition) is 1. The third kappa shape index (κ3) is 1.93. The first-order valence-electron chi connectivity index (χ1n) is 4.52. The number of halogens is 1. The van der Waals surface area contributed by atoms with Crippen LogP contribution in [0.5, 0.6) is 0 Å². The molecule has 2 rings (SSSR count). The Morgan fingerprint density at radius 1 is 1.27 bits per heavy atom. The van der Waals surface area contributed by atoms with Crippen molar-refractivity contribution in [3.05, 3.63) is 42.0 Å². The van der Waals surface area contributed by atoms with Crippen molar-refractivity contribution in [1.82, 2.24) is 9.97 Å². The summed E-state index contributed by atoms with van der Waals surface area (Å²) in [5.41, 5.74) is 7.16. The first-order chi connectivity index (χ1) is 7.16. The van der Waals surface area contributed by atoms with Crippen molar-refractivity contribution in [3.8, 4) is 11.4 Å². The summed E-state index contributed by atoms with van der Waals surface area (Å²) in [4.78, 5) is 8.32. The van der Waals surface area contributed by atoms with Gasteiger partial charge in [-0.05, 0) is 31.2 Å². The number of hydrogen-bond acceptors (Lipinski definition) is 3. The van der Waals surface area contributed by atoms with Crippen LogP contribution >= 0.6 is 0 Å². The van der Waals surface area contributed by atoms with Crippen LogP contribution < -0.4 is 5.73 Å². The van der Waals surface area contributed by atoms with E-state index in [1.807, 2.05) is 6.92 Å². The Morgan fingerprint density at radius 3 is 2.73 bits per heavy atom. The molecule has 0 unspecified atom stereocenters.